The van der Waals surface area contributed by atoms with Crippen LogP contribution in [0.25, 0.3) is 0 Å². The zero-order valence-electron chi connectivity index (χ0n) is 16.0. The number of aryl methyl sites for hydroxylation is 1. The monoisotopic (exact) mass is 379 g/mol. The van der Waals surface area contributed by atoms with Crippen LogP contribution >= 0.6 is 0 Å². The van der Waals surface area contributed by atoms with E-state index in [0.717, 1.165) is 44.0 Å². The van der Waals surface area contributed by atoms with E-state index in [0.29, 0.717) is 11.7 Å². The summed E-state index contributed by atoms with van der Waals surface area (Å²) in [7, 11) is 0. The molecule has 1 aliphatic rings. The first-order chi connectivity index (χ1) is 13.6. The minimum Gasteiger partial charge on any atom is -0.384 e. The number of amides is 1. The fourth-order valence-corrected chi connectivity index (χ4v) is 3.81. The van der Waals surface area contributed by atoms with Gasteiger partial charge in [-0.25, -0.2) is 9.67 Å². The molecular weight excluding hydrogens is 354 g/mol. The summed E-state index contributed by atoms with van der Waals surface area (Å²) >= 11 is 0. The number of aromatic nitrogens is 5. The Morgan fingerprint density at radius 1 is 1.21 bits per heavy atom. The Bertz CT molecular complexity index is 939. The first-order valence-electron chi connectivity index (χ1n) is 9.58. The molecule has 0 aromatic carbocycles. The third kappa shape index (κ3) is 3.90. The summed E-state index contributed by atoms with van der Waals surface area (Å²) in [6, 6.07) is 5.82. The molecule has 28 heavy (non-hydrogen) atoms. The number of carbonyl (C=O) groups is 1. The largest absolute Gasteiger partial charge is 0.384 e. The highest BCUT2D eigenvalue weighted by atomic mass is 16.2. The summed E-state index contributed by atoms with van der Waals surface area (Å²) < 4.78 is 3.77. The van der Waals surface area contributed by atoms with Crippen LogP contribution in [0, 0.1) is 6.92 Å². The van der Waals surface area contributed by atoms with Crippen LogP contribution < -0.4 is 5.73 Å². The molecule has 0 atom stereocenters. The number of nitrogens with two attached hydrogens (primary N) is 1. The molecule has 8 heteroatoms. The number of piperidine rings is 1. The number of carbonyl (C=O) groups excluding carboxylic acids is 1. The van der Waals surface area contributed by atoms with Crippen LogP contribution in [0.5, 0.6) is 0 Å². The second kappa shape index (κ2) is 7.84. The van der Waals surface area contributed by atoms with Crippen molar-refractivity contribution in [1.29, 1.82) is 0 Å². The van der Waals surface area contributed by atoms with Crippen molar-refractivity contribution in [3.63, 3.8) is 0 Å². The molecule has 3 aromatic rings. The number of nitrogens with zero attached hydrogens (tertiary/aromatic N) is 6. The third-order valence-corrected chi connectivity index (χ3v) is 5.28. The Balaban J connectivity index is 1.36. The molecule has 1 aliphatic heterocycles. The zero-order chi connectivity index (χ0) is 19.5. The Morgan fingerprint density at radius 2 is 1.96 bits per heavy atom. The summed E-state index contributed by atoms with van der Waals surface area (Å²) in [4.78, 5) is 23.2. The van der Waals surface area contributed by atoms with E-state index >= 15 is 0 Å². The summed E-state index contributed by atoms with van der Waals surface area (Å²) in [5.41, 5.74) is 7.93. The van der Waals surface area contributed by atoms with Crippen molar-refractivity contribution >= 4 is 11.7 Å². The van der Waals surface area contributed by atoms with Gasteiger partial charge < -0.3 is 15.2 Å². The molecule has 0 aliphatic carbocycles. The quantitative estimate of drug-likeness (QED) is 0.730. The highest BCUT2D eigenvalue weighted by Crippen LogP contribution is 2.27. The van der Waals surface area contributed by atoms with E-state index in [-0.39, 0.29) is 12.5 Å². The van der Waals surface area contributed by atoms with Gasteiger partial charge in [-0.1, -0.05) is 0 Å². The van der Waals surface area contributed by atoms with E-state index in [1.54, 1.807) is 10.7 Å². The average molecular weight is 379 g/mol. The zero-order valence-corrected chi connectivity index (χ0v) is 16.0. The highest BCUT2D eigenvalue weighted by molar-refractivity contribution is 5.76. The first-order valence-corrected chi connectivity index (χ1v) is 9.58. The number of rotatable bonds is 5. The van der Waals surface area contributed by atoms with Gasteiger partial charge in [0, 0.05) is 56.4 Å². The predicted octanol–water partition coefficient (Wildman–Crippen LogP) is 1.82. The molecule has 4 heterocycles. The lowest BCUT2D eigenvalue weighted by Gasteiger charge is -2.32. The van der Waals surface area contributed by atoms with Gasteiger partial charge in [0.1, 0.15) is 18.2 Å². The van der Waals surface area contributed by atoms with Gasteiger partial charge in [-0.15, -0.1) is 0 Å². The molecule has 0 saturated carbocycles. The number of hydrogen-bond donors (Lipinski definition) is 1. The van der Waals surface area contributed by atoms with Crippen molar-refractivity contribution in [3.8, 4) is 0 Å². The van der Waals surface area contributed by atoms with E-state index < -0.39 is 0 Å². The van der Waals surface area contributed by atoms with E-state index in [1.807, 2.05) is 48.7 Å². The number of nitrogen functional groups attached to an aromatic ring is 1. The molecule has 2 N–H and O–H groups in total. The molecule has 1 saturated heterocycles. The summed E-state index contributed by atoms with van der Waals surface area (Å²) in [5, 5.41) is 4.28. The summed E-state index contributed by atoms with van der Waals surface area (Å²) in [5.74, 6) is 2.04. The molecule has 146 valence electrons. The molecular formula is C20H25N7O. The normalized spacial score (nSPS) is 15.1. The van der Waals surface area contributed by atoms with Crippen molar-refractivity contribution in [3.05, 3.63) is 60.1 Å². The minimum absolute atomic E-state index is 0.0633. The Kier molecular flexibility index (Phi) is 5.10. The lowest BCUT2D eigenvalue weighted by Crippen LogP contribution is -2.40. The van der Waals surface area contributed by atoms with E-state index in [4.69, 9.17) is 5.73 Å². The predicted molar refractivity (Wildman–Crippen MR) is 105 cm³/mol. The van der Waals surface area contributed by atoms with Gasteiger partial charge in [-0.3, -0.25) is 9.78 Å². The molecule has 4 rings (SSSR count). The molecule has 1 amide bonds. The molecule has 0 spiro atoms. The van der Waals surface area contributed by atoms with Crippen molar-refractivity contribution in [1.82, 2.24) is 29.2 Å². The molecule has 0 radical (unpaired) electrons. The van der Waals surface area contributed by atoms with E-state index in [1.165, 1.54) is 5.56 Å². The van der Waals surface area contributed by atoms with Crippen LogP contribution in [-0.2, 0) is 17.9 Å². The number of likely N-dealkylation sites (tertiary alicyclic amines) is 1. The molecule has 1 fully saturated rings. The molecule has 8 nitrogen and oxygen atoms in total. The molecule has 0 bridgehead atoms. The van der Waals surface area contributed by atoms with Crippen LogP contribution in [0.3, 0.4) is 0 Å². The van der Waals surface area contributed by atoms with Gasteiger partial charge in [0.25, 0.3) is 0 Å². The van der Waals surface area contributed by atoms with Gasteiger partial charge >= 0.3 is 0 Å². The molecule has 0 unspecified atom stereocenters. The second-order valence-corrected chi connectivity index (χ2v) is 7.29. The van der Waals surface area contributed by atoms with Crippen LogP contribution in [0.1, 0.15) is 35.8 Å². The summed E-state index contributed by atoms with van der Waals surface area (Å²) in [6.45, 7) is 4.31. The maximum Gasteiger partial charge on any atom is 0.244 e. The van der Waals surface area contributed by atoms with Crippen molar-refractivity contribution in [2.45, 2.75) is 38.8 Å². The fraction of sp³-hybridized carbons (Fsp3) is 0.400. The van der Waals surface area contributed by atoms with Crippen LogP contribution in [0.2, 0.25) is 0 Å². The van der Waals surface area contributed by atoms with Gasteiger partial charge in [0.2, 0.25) is 5.91 Å². The van der Waals surface area contributed by atoms with E-state index in [9.17, 15) is 4.79 Å². The van der Waals surface area contributed by atoms with Crippen LogP contribution in [0.15, 0.2) is 43.0 Å². The van der Waals surface area contributed by atoms with E-state index in [2.05, 4.69) is 19.6 Å². The number of anilines is 1. The Morgan fingerprint density at radius 3 is 2.64 bits per heavy atom. The number of imidazole rings is 1. The molecule has 3 aromatic heterocycles. The van der Waals surface area contributed by atoms with Crippen molar-refractivity contribution < 1.29 is 4.79 Å². The Hall–Kier alpha value is -3.16. The highest BCUT2D eigenvalue weighted by Gasteiger charge is 2.26. The lowest BCUT2D eigenvalue weighted by atomic mass is 9.95. The fourth-order valence-electron chi connectivity index (χ4n) is 3.81. The topological polar surface area (TPSA) is 94.9 Å². The number of pyridine rings is 1. The van der Waals surface area contributed by atoms with Crippen molar-refractivity contribution in [2.75, 3.05) is 18.8 Å². The Labute approximate surface area is 164 Å². The number of hydrogen-bond acceptors (Lipinski definition) is 5. The third-order valence-electron chi connectivity index (χ3n) is 5.28. The standard InChI is InChI=1S/C20H25N7O/c1-15-12-18(21)27(24-15)14-19(28)25-9-4-17(5-10-25)20-23-8-11-26(20)13-16-2-6-22-7-3-16/h2-3,6-8,11-12,17H,4-5,9-10,13-14,21H2,1H3. The van der Waals surface area contributed by atoms with Gasteiger partial charge in [0.15, 0.2) is 0 Å². The van der Waals surface area contributed by atoms with Crippen molar-refractivity contribution in [2.24, 2.45) is 0 Å². The van der Waals surface area contributed by atoms with Crippen LogP contribution in [-0.4, -0.2) is 48.2 Å². The van der Waals surface area contributed by atoms with Crippen LogP contribution in [0.4, 0.5) is 5.82 Å². The first kappa shape index (κ1) is 18.2. The average Bonchev–Trinajstić information content (AvgIpc) is 3.28. The minimum atomic E-state index is 0.0633. The summed E-state index contributed by atoms with van der Waals surface area (Å²) in [6.07, 6.45) is 9.32. The van der Waals surface area contributed by atoms with Gasteiger partial charge in [-0.05, 0) is 37.5 Å². The lowest BCUT2D eigenvalue weighted by molar-refractivity contribution is -0.133. The second-order valence-electron chi connectivity index (χ2n) is 7.29. The smallest absolute Gasteiger partial charge is 0.244 e. The van der Waals surface area contributed by atoms with Gasteiger partial charge in [-0.2, -0.15) is 5.10 Å². The van der Waals surface area contributed by atoms with Gasteiger partial charge in [0.05, 0.1) is 5.69 Å². The maximum atomic E-state index is 12.6. The SMILES string of the molecule is Cc1cc(N)n(CC(=O)N2CCC(c3nccn3Cc3ccncc3)CC2)n1. The maximum absolute atomic E-state index is 12.6.